The summed E-state index contributed by atoms with van der Waals surface area (Å²) in [4.78, 5) is 82.8. The van der Waals surface area contributed by atoms with E-state index in [1.807, 2.05) is 62.3 Å². The number of carbonyl (C=O) groups excluding carboxylic acids is 6. The molecule has 0 aromatic heterocycles. The highest BCUT2D eigenvalue weighted by molar-refractivity contribution is 6.38. The van der Waals surface area contributed by atoms with E-state index in [1.54, 1.807) is 4.90 Å². The molecule has 12 nitrogen and oxygen atoms in total. The monoisotopic (exact) mass is 660 g/mol. The average molecular weight is 661 g/mol. The lowest BCUT2D eigenvalue weighted by atomic mass is 9.85. The van der Waals surface area contributed by atoms with Crippen molar-refractivity contribution in [2.24, 2.45) is 22.7 Å². The number of urea groups is 1. The Bertz CT molecular complexity index is 1160. The van der Waals surface area contributed by atoms with Gasteiger partial charge < -0.3 is 31.1 Å². The molecule has 266 valence electrons. The lowest BCUT2D eigenvalue weighted by molar-refractivity contribution is -0.143. The number of nitrogens with zero attached hydrogens (tertiary/aromatic N) is 2. The predicted octanol–water partition coefficient (Wildman–Crippen LogP) is 3.16. The van der Waals surface area contributed by atoms with Crippen LogP contribution in [0.3, 0.4) is 0 Å². The number of carbonyl (C=O) groups is 6. The van der Waals surface area contributed by atoms with Gasteiger partial charge in [-0.3, -0.25) is 24.0 Å². The third-order valence-corrected chi connectivity index (χ3v) is 9.29. The van der Waals surface area contributed by atoms with Gasteiger partial charge in [-0.1, -0.05) is 81.2 Å². The van der Waals surface area contributed by atoms with Gasteiger partial charge in [0.15, 0.2) is 0 Å². The van der Waals surface area contributed by atoms with Gasteiger partial charge in [0.25, 0.3) is 5.91 Å². The van der Waals surface area contributed by atoms with E-state index in [2.05, 4.69) is 27.8 Å². The topological polar surface area (TPSA) is 157 Å². The van der Waals surface area contributed by atoms with Crippen molar-refractivity contribution in [3.8, 4) is 0 Å². The summed E-state index contributed by atoms with van der Waals surface area (Å²) in [7, 11) is 0. The molecule has 47 heavy (non-hydrogen) atoms. The Kier molecular flexibility index (Phi) is 14.5. The molecule has 0 saturated carbocycles. The van der Waals surface area contributed by atoms with Crippen molar-refractivity contribution in [3.63, 3.8) is 0 Å². The van der Waals surface area contributed by atoms with Gasteiger partial charge in [0, 0.05) is 32.6 Å². The van der Waals surface area contributed by atoms with Crippen LogP contribution in [0.5, 0.6) is 0 Å². The summed E-state index contributed by atoms with van der Waals surface area (Å²) in [6.45, 7) is 22.6. The van der Waals surface area contributed by atoms with E-state index in [-0.39, 0.29) is 35.7 Å². The number of rotatable bonds is 15. The first-order chi connectivity index (χ1) is 21.8. The van der Waals surface area contributed by atoms with Crippen molar-refractivity contribution in [1.29, 1.82) is 0 Å². The van der Waals surface area contributed by atoms with Crippen LogP contribution in [0.25, 0.3) is 0 Å². The molecule has 2 fully saturated rings. The Hall–Kier alpha value is -3.44. The zero-order chi connectivity index (χ0) is 35.7. The Morgan fingerprint density at radius 1 is 1.00 bits per heavy atom. The van der Waals surface area contributed by atoms with E-state index in [9.17, 15) is 28.8 Å². The van der Waals surface area contributed by atoms with Crippen LogP contribution in [0, 0.1) is 22.7 Å². The fourth-order valence-electron chi connectivity index (χ4n) is 6.00. The van der Waals surface area contributed by atoms with Crippen molar-refractivity contribution in [1.82, 2.24) is 31.1 Å². The van der Waals surface area contributed by atoms with Gasteiger partial charge in [0.2, 0.25) is 23.5 Å². The van der Waals surface area contributed by atoms with Crippen LogP contribution in [-0.2, 0) is 24.0 Å². The molecule has 0 aliphatic carbocycles. The van der Waals surface area contributed by atoms with Crippen molar-refractivity contribution < 1.29 is 28.8 Å². The molecule has 0 radical (unpaired) electrons. The number of nitrogens with one attached hydrogen (secondary N) is 4. The number of ketones is 1. The molecule has 6 amide bonds. The normalized spacial score (nSPS) is 20.4. The van der Waals surface area contributed by atoms with Crippen molar-refractivity contribution in [3.05, 3.63) is 12.7 Å². The Labute approximate surface area is 281 Å². The fraction of sp³-hybridized carbons (Fsp3) is 0.771. The lowest BCUT2D eigenvalue weighted by Gasteiger charge is -2.38. The lowest BCUT2D eigenvalue weighted by Crippen LogP contribution is -2.62. The third-order valence-electron chi connectivity index (χ3n) is 9.29. The highest BCUT2D eigenvalue weighted by atomic mass is 16.2. The smallest absolute Gasteiger partial charge is 0.315 e. The molecule has 4 N–H and O–H groups in total. The summed E-state index contributed by atoms with van der Waals surface area (Å²) in [5.74, 6) is -2.15. The average Bonchev–Trinajstić information content (AvgIpc) is 3.61. The second-order valence-corrected chi connectivity index (χ2v) is 15.6. The standard InChI is InChI=1S/C35H60N6O6/c1-11-13-15-24(28(43)31(45)36-17-12-2)37-30(44)25-19-23(22(3)4)20-41(25)32(46)29(35(8,9)10)39-33(47)38-26(34(5,6)7)21-40-18-14-16-27(40)42/h12,22-26,29H,2,11,13-21H2,1,3-10H3,(H,36,45)(H,37,44)(H2,38,39,47)/t23-,24?,25+,26?,29-/m1/s1. The molecule has 12 heteroatoms. The number of unbranched alkanes of at least 4 members (excludes halogenated alkanes) is 1. The molecular formula is C35H60N6O6. The van der Waals surface area contributed by atoms with Gasteiger partial charge in [-0.2, -0.15) is 0 Å². The summed E-state index contributed by atoms with van der Waals surface area (Å²) >= 11 is 0. The Morgan fingerprint density at radius 3 is 2.17 bits per heavy atom. The highest BCUT2D eigenvalue weighted by Gasteiger charge is 2.46. The molecule has 2 unspecified atom stereocenters. The number of hydrogen-bond donors (Lipinski definition) is 4. The summed E-state index contributed by atoms with van der Waals surface area (Å²) in [5, 5.41) is 11.2. The number of likely N-dealkylation sites (tertiary alicyclic amines) is 2. The van der Waals surface area contributed by atoms with Crippen LogP contribution in [0.1, 0.15) is 101 Å². The molecule has 2 heterocycles. The molecule has 2 rings (SSSR count). The van der Waals surface area contributed by atoms with Crippen LogP contribution < -0.4 is 21.3 Å². The van der Waals surface area contributed by atoms with Crippen LogP contribution in [0.4, 0.5) is 4.79 Å². The van der Waals surface area contributed by atoms with E-state index < -0.39 is 53.1 Å². The first kappa shape index (κ1) is 39.7. The third kappa shape index (κ3) is 11.3. The summed E-state index contributed by atoms with van der Waals surface area (Å²) in [6.07, 6.45) is 4.84. The highest BCUT2D eigenvalue weighted by Crippen LogP contribution is 2.32. The van der Waals surface area contributed by atoms with Crippen molar-refractivity contribution >= 4 is 35.4 Å². The summed E-state index contributed by atoms with van der Waals surface area (Å²) in [5.41, 5.74) is -1.07. The minimum absolute atomic E-state index is 0.0214. The number of amides is 6. The minimum atomic E-state index is -1.03. The molecular weight excluding hydrogens is 600 g/mol. The maximum atomic E-state index is 14.3. The predicted molar refractivity (Wildman–Crippen MR) is 182 cm³/mol. The quantitative estimate of drug-likeness (QED) is 0.156. The second kappa shape index (κ2) is 17.1. The molecule has 0 aromatic carbocycles. The van der Waals surface area contributed by atoms with Crippen LogP contribution in [0.2, 0.25) is 0 Å². The zero-order valence-electron chi connectivity index (χ0n) is 30.2. The number of hydrogen-bond acceptors (Lipinski definition) is 6. The molecule has 0 aromatic rings. The van der Waals surface area contributed by atoms with E-state index in [4.69, 9.17) is 0 Å². The van der Waals surface area contributed by atoms with E-state index in [1.165, 1.54) is 11.0 Å². The SMILES string of the molecule is C=CCNC(=O)C(=O)C(CCCC)NC(=O)[C@@H]1C[C@@H](C(C)C)CN1C(=O)[C@@H](NC(=O)NC(CN1CCCC1=O)C(C)(C)C)C(C)(C)C. The van der Waals surface area contributed by atoms with Gasteiger partial charge >= 0.3 is 6.03 Å². The van der Waals surface area contributed by atoms with Gasteiger partial charge in [-0.25, -0.2) is 4.79 Å². The van der Waals surface area contributed by atoms with Gasteiger partial charge in [0.05, 0.1) is 12.1 Å². The van der Waals surface area contributed by atoms with E-state index in [0.29, 0.717) is 45.3 Å². The second-order valence-electron chi connectivity index (χ2n) is 15.6. The van der Waals surface area contributed by atoms with Crippen molar-refractivity contribution in [2.75, 3.05) is 26.2 Å². The Morgan fingerprint density at radius 2 is 1.66 bits per heavy atom. The van der Waals surface area contributed by atoms with Crippen LogP contribution in [0.15, 0.2) is 12.7 Å². The van der Waals surface area contributed by atoms with Crippen LogP contribution >= 0.6 is 0 Å². The summed E-state index contributed by atoms with van der Waals surface area (Å²) in [6, 6.07) is -3.76. The zero-order valence-corrected chi connectivity index (χ0v) is 30.2. The van der Waals surface area contributed by atoms with E-state index >= 15 is 0 Å². The molecule has 2 saturated heterocycles. The van der Waals surface area contributed by atoms with Crippen molar-refractivity contribution in [2.45, 2.75) is 125 Å². The van der Waals surface area contributed by atoms with Gasteiger partial charge in [-0.15, -0.1) is 6.58 Å². The first-order valence-corrected chi connectivity index (χ1v) is 17.2. The summed E-state index contributed by atoms with van der Waals surface area (Å²) < 4.78 is 0. The number of Topliss-reactive ketones (excluding diaryl/α,β-unsaturated/α-hetero) is 1. The molecule has 0 bridgehead atoms. The minimum Gasteiger partial charge on any atom is -0.346 e. The van der Waals surface area contributed by atoms with Gasteiger partial charge in [-0.05, 0) is 41.9 Å². The first-order valence-electron chi connectivity index (χ1n) is 17.2. The maximum Gasteiger partial charge on any atom is 0.315 e. The van der Waals surface area contributed by atoms with Crippen LogP contribution in [-0.4, -0.2) is 95.6 Å². The molecule has 2 aliphatic rings. The largest absolute Gasteiger partial charge is 0.346 e. The molecule has 5 atom stereocenters. The van der Waals surface area contributed by atoms with Gasteiger partial charge in [0.1, 0.15) is 12.1 Å². The fourth-order valence-corrected chi connectivity index (χ4v) is 6.00. The molecule has 2 aliphatic heterocycles. The maximum absolute atomic E-state index is 14.3. The molecule has 0 spiro atoms. The van der Waals surface area contributed by atoms with E-state index in [0.717, 1.165) is 12.8 Å². The Balaban J connectivity index is 2.31.